The van der Waals surface area contributed by atoms with Gasteiger partial charge in [0.15, 0.2) is 0 Å². The Morgan fingerprint density at radius 3 is 2.03 bits per heavy atom. The molecule has 29 heavy (non-hydrogen) atoms. The third-order valence-corrected chi connectivity index (χ3v) is 4.72. The lowest BCUT2D eigenvalue weighted by atomic mass is 10.1. The van der Waals surface area contributed by atoms with Crippen molar-refractivity contribution in [2.24, 2.45) is 0 Å². The number of nitrogens with one attached hydrogen (secondary N) is 2. The Balaban J connectivity index is 1.72. The van der Waals surface area contributed by atoms with Crippen molar-refractivity contribution >= 4 is 17.5 Å². The van der Waals surface area contributed by atoms with Gasteiger partial charge in [-0.1, -0.05) is 60.7 Å². The minimum absolute atomic E-state index is 0.0474. The first-order valence-corrected chi connectivity index (χ1v) is 9.51. The molecule has 5 nitrogen and oxygen atoms in total. The molecule has 0 radical (unpaired) electrons. The number of amides is 2. The molecular weight excluding hydrogens is 362 g/mol. The van der Waals surface area contributed by atoms with Crippen LogP contribution in [0.5, 0.6) is 0 Å². The molecule has 2 N–H and O–H groups in total. The van der Waals surface area contributed by atoms with Gasteiger partial charge in [-0.3, -0.25) is 9.59 Å². The van der Waals surface area contributed by atoms with Crippen LogP contribution in [0, 0.1) is 0 Å². The molecule has 2 amide bonds. The van der Waals surface area contributed by atoms with E-state index < -0.39 is 0 Å². The van der Waals surface area contributed by atoms with Gasteiger partial charge in [0.05, 0.1) is 17.3 Å². The number of hydrogen-bond acceptors (Lipinski definition) is 3. The molecule has 0 aliphatic rings. The number of rotatable bonds is 7. The summed E-state index contributed by atoms with van der Waals surface area (Å²) in [4.78, 5) is 27.4. The van der Waals surface area contributed by atoms with Crippen LogP contribution in [0.1, 0.15) is 32.3 Å². The first-order chi connectivity index (χ1) is 14.1. The maximum atomic E-state index is 12.9. The van der Waals surface area contributed by atoms with E-state index >= 15 is 0 Å². The molecule has 0 heterocycles. The molecule has 0 spiro atoms. The van der Waals surface area contributed by atoms with E-state index in [-0.39, 0.29) is 17.9 Å². The van der Waals surface area contributed by atoms with Gasteiger partial charge in [-0.05, 0) is 43.9 Å². The summed E-state index contributed by atoms with van der Waals surface area (Å²) in [6.45, 7) is 0.455. The molecule has 1 atom stereocenters. The van der Waals surface area contributed by atoms with Crippen molar-refractivity contribution in [3.63, 3.8) is 0 Å². The monoisotopic (exact) mass is 387 g/mol. The number of carbonyl (C=O) groups excluding carboxylic acids is 2. The van der Waals surface area contributed by atoms with Gasteiger partial charge < -0.3 is 15.5 Å². The third-order valence-electron chi connectivity index (χ3n) is 4.72. The number of likely N-dealkylation sites (N-methyl/N-ethyl adjacent to an activating group) is 1. The topological polar surface area (TPSA) is 61.4 Å². The summed E-state index contributed by atoms with van der Waals surface area (Å²) in [5, 5.41) is 5.84. The SMILES string of the molecule is CN(C)C(CNC(=O)c1ccccc1NC(=O)c1ccccc1)c1ccccc1. The van der Waals surface area contributed by atoms with Crippen LogP contribution in [0.15, 0.2) is 84.9 Å². The summed E-state index contributed by atoms with van der Waals surface area (Å²) in [5.74, 6) is -0.474. The lowest BCUT2D eigenvalue weighted by Gasteiger charge is -2.25. The molecular formula is C24H25N3O2. The number of anilines is 1. The normalized spacial score (nSPS) is 11.7. The molecule has 3 aromatic carbocycles. The molecule has 0 saturated carbocycles. The van der Waals surface area contributed by atoms with E-state index in [1.54, 1.807) is 48.5 Å². The van der Waals surface area contributed by atoms with Crippen LogP contribution in [-0.4, -0.2) is 37.4 Å². The zero-order valence-corrected chi connectivity index (χ0v) is 16.6. The van der Waals surface area contributed by atoms with Crippen molar-refractivity contribution in [1.29, 1.82) is 0 Å². The Kier molecular flexibility index (Phi) is 6.76. The maximum Gasteiger partial charge on any atom is 0.255 e. The molecule has 3 rings (SSSR count). The largest absolute Gasteiger partial charge is 0.350 e. The van der Waals surface area contributed by atoms with Crippen LogP contribution >= 0.6 is 0 Å². The molecule has 0 aliphatic heterocycles. The van der Waals surface area contributed by atoms with Gasteiger partial charge in [0.1, 0.15) is 0 Å². The van der Waals surface area contributed by atoms with Crippen LogP contribution in [0.4, 0.5) is 5.69 Å². The molecule has 5 heteroatoms. The Morgan fingerprint density at radius 1 is 0.793 bits per heavy atom. The fourth-order valence-electron chi connectivity index (χ4n) is 3.13. The van der Waals surface area contributed by atoms with Crippen molar-refractivity contribution in [1.82, 2.24) is 10.2 Å². The van der Waals surface area contributed by atoms with Crippen LogP contribution in [-0.2, 0) is 0 Å². The quantitative estimate of drug-likeness (QED) is 0.645. The van der Waals surface area contributed by atoms with Gasteiger partial charge in [-0.15, -0.1) is 0 Å². The summed E-state index contributed by atoms with van der Waals surface area (Å²) < 4.78 is 0. The molecule has 0 aliphatic carbocycles. The number of benzene rings is 3. The van der Waals surface area contributed by atoms with Crippen molar-refractivity contribution < 1.29 is 9.59 Å². The van der Waals surface area contributed by atoms with Crippen LogP contribution in [0.25, 0.3) is 0 Å². The molecule has 0 aromatic heterocycles. The van der Waals surface area contributed by atoms with E-state index in [0.29, 0.717) is 23.4 Å². The Bertz CT molecular complexity index is 956. The van der Waals surface area contributed by atoms with E-state index in [4.69, 9.17) is 0 Å². The van der Waals surface area contributed by atoms with Crippen molar-refractivity contribution in [3.8, 4) is 0 Å². The lowest BCUT2D eigenvalue weighted by molar-refractivity contribution is 0.0943. The highest BCUT2D eigenvalue weighted by atomic mass is 16.2. The summed E-state index contributed by atoms with van der Waals surface area (Å²) in [6, 6.07) is 26.0. The van der Waals surface area contributed by atoms with Gasteiger partial charge in [0.25, 0.3) is 11.8 Å². The first-order valence-electron chi connectivity index (χ1n) is 9.51. The summed E-state index contributed by atoms with van der Waals surface area (Å²) in [6.07, 6.45) is 0. The van der Waals surface area contributed by atoms with Crippen molar-refractivity contribution in [2.75, 3.05) is 26.0 Å². The van der Waals surface area contributed by atoms with Crippen LogP contribution in [0.3, 0.4) is 0 Å². The van der Waals surface area contributed by atoms with E-state index in [2.05, 4.69) is 15.5 Å². The van der Waals surface area contributed by atoms with E-state index in [1.807, 2.05) is 50.5 Å². The van der Waals surface area contributed by atoms with E-state index in [1.165, 1.54) is 0 Å². The van der Waals surface area contributed by atoms with Gasteiger partial charge in [0.2, 0.25) is 0 Å². The van der Waals surface area contributed by atoms with Gasteiger partial charge >= 0.3 is 0 Å². The molecule has 0 fully saturated rings. The standard InChI is InChI=1S/C24H25N3O2/c1-27(2)22(18-11-5-3-6-12-18)17-25-24(29)20-15-9-10-16-21(20)26-23(28)19-13-7-4-8-14-19/h3-16,22H,17H2,1-2H3,(H,25,29)(H,26,28). The smallest absolute Gasteiger partial charge is 0.255 e. The van der Waals surface area contributed by atoms with Gasteiger partial charge in [0, 0.05) is 12.1 Å². The van der Waals surface area contributed by atoms with E-state index in [9.17, 15) is 9.59 Å². The lowest BCUT2D eigenvalue weighted by Crippen LogP contribution is -2.35. The fourth-order valence-corrected chi connectivity index (χ4v) is 3.13. The summed E-state index contributed by atoms with van der Waals surface area (Å²) in [5.41, 5.74) is 2.59. The Morgan fingerprint density at radius 2 is 1.38 bits per heavy atom. The number of hydrogen-bond donors (Lipinski definition) is 2. The second kappa shape index (κ2) is 9.66. The van der Waals surface area contributed by atoms with Crippen molar-refractivity contribution in [2.45, 2.75) is 6.04 Å². The second-order valence-electron chi connectivity index (χ2n) is 6.97. The fraction of sp³-hybridized carbons (Fsp3) is 0.167. The molecule has 0 saturated heterocycles. The maximum absolute atomic E-state index is 12.9. The number of carbonyl (C=O) groups is 2. The van der Waals surface area contributed by atoms with Crippen molar-refractivity contribution in [3.05, 3.63) is 102 Å². The minimum Gasteiger partial charge on any atom is -0.350 e. The molecule has 1 unspecified atom stereocenters. The average Bonchev–Trinajstić information content (AvgIpc) is 2.75. The zero-order valence-electron chi connectivity index (χ0n) is 16.6. The Hall–Kier alpha value is -3.44. The highest BCUT2D eigenvalue weighted by Gasteiger charge is 2.18. The second-order valence-corrected chi connectivity index (χ2v) is 6.97. The minimum atomic E-state index is -0.249. The molecule has 148 valence electrons. The number of nitrogens with zero attached hydrogens (tertiary/aromatic N) is 1. The summed E-state index contributed by atoms with van der Waals surface area (Å²) in [7, 11) is 3.97. The van der Waals surface area contributed by atoms with Gasteiger partial charge in [-0.25, -0.2) is 0 Å². The predicted octanol–water partition coefficient (Wildman–Crippen LogP) is 3.97. The molecule has 3 aromatic rings. The average molecular weight is 387 g/mol. The highest BCUT2D eigenvalue weighted by molar-refractivity contribution is 6.08. The predicted molar refractivity (Wildman–Crippen MR) is 116 cm³/mol. The van der Waals surface area contributed by atoms with Crippen LogP contribution in [0.2, 0.25) is 0 Å². The third kappa shape index (κ3) is 5.30. The number of para-hydroxylation sites is 1. The zero-order chi connectivity index (χ0) is 20.6. The first kappa shape index (κ1) is 20.3. The Labute approximate surface area is 171 Å². The van der Waals surface area contributed by atoms with Gasteiger partial charge in [-0.2, -0.15) is 0 Å². The van der Waals surface area contributed by atoms with E-state index in [0.717, 1.165) is 5.56 Å². The highest BCUT2D eigenvalue weighted by Crippen LogP contribution is 2.19. The van der Waals surface area contributed by atoms with Crippen LogP contribution < -0.4 is 10.6 Å². The summed E-state index contributed by atoms with van der Waals surface area (Å²) >= 11 is 0. The molecule has 0 bridgehead atoms.